The number of β-amino-alcohol motifs (C(OH)–C–C–N with tert-alkyl or cyclic N) is 1. The molecule has 2 fully saturated rings. The van der Waals surface area contributed by atoms with Crippen LogP contribution < -0.4 is 0 Å². The van der Waals surface area contributed by atoms with E-state index in [1.807, 2.05) is 7.05 Å². The molecular weight excluding hydrogens is 422 g/mol. The average Bonchev–Trinajstić information content (AvgIpc) is 2.82. The Morgan fingerprint density at radius 1 is 1.21 bits per heavy atom. The fourth-order valence-corrected chi connectivity index (χ4v) is 4.75. The second-order valence-corrected chi connectivity index (χ2v) is 9.44. The van der Waals surface area contributed by atoms with Gasteiger partial charge in [0.1, 0.15) is 5.84 Å². The SMILES string of the molecule is C=C(CCC)/C(C)=C/C(=NC)C1=CC(=C2CCC2)N2C=C(N3CCN(CCO)CC3)C=CC2=N1. The Kier molecular flexibility index (Phi) is 8.01. The third-order valence-electron chi connectivity index (χ3n) is 7.12. The van der Waals surface area contributed by atoms with Gasteiger partial charge in [-0.15, -0.1) is 0 Å². The lowest BCUT2D eigenvalue weighted by Gasteiger charge is -2.39. The summed E-state index contributed by atoms with van der Waals surface area (Å²) < 4.78 is 0. The van der Waals surface area contributed by atoms with E-state index in [4.69, 9.17) is 4.99 Å². The maximum atomic E-state index is 9.23. The van der Waals surface area contributed by atoms with Crippen molar-refractivity contribution in [3.8, 4) is 0 Å². The molecule has 0 radical (unpaired) electrons. The van der Waals surface area contributed by atoms with E-state index in [9.17, 15) is 5.11 Å². The smallest absolute Gasteiger partial charge is 0.137 e. The first-order valence-corrected chi connectivity index (χ1v) is 12.7. The lowest BCUT2D eigenvalue weighted by Crippen LogP contribution is -2.47. The van der Waals surface area contributed by atoms with Gasteiger partial charge in [-0.05, 0) is 68.1 Å². The molecule has 0 amide bonds. The Balaban J connectivity index is 1.59. The summed E-state index contributed by atoms with van der Waals surface area (Å²) >= 11 is 0. The highest BCUT2D eigenvalue weighted by Gasteiger charge is 2.28. The lowest BCUT2D eigenvalue weighted by molar-refractivity contribution is 0.133. The van der Waals surface area contributed by atoms with Gasteiger partial charge >= 0.3 is 0 Å². The summed E-state index contributed by atoms with van der Waals surface area (Å²) in [5.74, 6) is 0.953. The molecule has 0 bridgehead atoms. The molecule has 0 unspecified atom stereocenters. The van der Waals surface area contributed by atoms with Crippen LogP contribution in [0.15, 0.2) is 80.9 Å². The monoisotopic (exact) mass is 461 g/mol. The van der Waals surface area contributed by atoms with Crippen LogP contribution in [0.25, 0.3) is 0 Å². The van der Waals surface area contributed by atoms with Crippen LogP contribution in [0.4, 0.5) is 0 Å². The number of rotatable bonds is 8. The number of nitrogens with zero attached hydrogens (tertiary/aromatic N) is 5. The van der Waals surface area contributed by atoms with Crippen molar-refractivity contribution in [3.05, 3.63) is 70.9 Å². The van der Waals surface area contributed by atoms with E-state index >= 15 is 0 Å². The predicted molar refractivity (Wildman–Crippen MR) is 142 cm³/mol. The number of piperazine rings is 1. The molecule has 0 aromatic heterocycles. The van der Waals surface area contributed by atoms with Gasteiger partial charge in [0.25, 0.3) is 0 Å². The van der Waals surface area contributed by atoms with Crippen molar-refractivity contribution >= 4 is 11.5 Å². The van der Waals surface area contributed by atoms with Crippen LogP contribution in [0.3, 0.4) is 0 Å². The number of hydrogen-bond acceptors (Lipinski definition) is 6. The summed E-state index contributed by atoms with van der Waals surface area (Å²) in [7, 11) is 1.84. The van der Waals surface area contributed by atoms with E-state index in [1.54, 1.807) is 0 Å². The molecule has 6 heteroatoms. The van der Waals surface area contributed by atoms with Crippen molar-refractivity contribution < 1.29 is 5.11 Å². The zero-order chi connectivity index (χ0) is 24.1. The maximum absolute atomic E-state index is 9.23. The Morgan fingerprint density at radius 3 is 2.59 bits per heavy atom. The Bertz CT molecular complexity index is 1010. The normalized spacial score (nSPS) is 21.7. The van der Waals surface area contributed by atoms with Crippen LogP contribution >= 0.6 is 0 Å². The zero-order valence-electron chi connectivity index (χ0n) is 21.1. The fraction of sp³-hybridized carbons (Fsp3) is 0.500. The Morgan fingerprint density at radius 2 is 1.97 bits per heavy atom. The second-order valence-electron chi connectivity index (χ2n) is 9.44. The third kappa shape index (κ3) is 5.34. The van der Waals surface area contributed by atoms with Gasteiger partial charge in [-0.25, -0.2) is 4.99 Å². The van der Waals surface area contributed by atoms with Crippen molar-refractivity contribution in [1.29, 1.82) is 0 Å². The van der Waals surface area contributed by atoms with Crippen molar-refractivity contribution in [2.75, 3.05) is 46.4 Å². The number of aliphatic hydroxyl groups is 1. The van der Waals surface area contributed by atoms with Gasteiger partial charge in [0.05, 0.1) is 23.7 Å². The molecule has 1 aliphatic carbocycles. The third-order valence-corrected chi connectivity index (χ3v) is 7.12. The second kappa shape index (κ2) is 11.2. The molecule has 34 heavy (non-hydrogen) atoms. The van der Waals surface area contributed by atoms with Crippen LogP contribution in [-0.2, 0) is 0 Å². The number of allylic oxidation sites excluding steroid dienone is 6. The number of fused-ring (bicyclic) bond motifs is 1. The number of amidine groups is 1. The van der Waals surface area contributed by atoms with E-state index < -0.39 is 0 Å². The first-order valence-electron chi connectivity index (χ1n) is 12.7. The van der Waals surface area contributed by atoms with Crippen molar-refractivity contribution in [2.45, 2.75) is 46.0 Å². The number of aliphatic imine (C=N–C) groups is 2. The Labute approximate surface area is 204 Å². The van der Waals surface area contributed by atoms with E-state index in [1.165, 1.54) is 29.0 Å². The highest BCUT2D eigenvalue weighted by molar-refractivity contribution is 6.12. The summed E-state index contributed by atoms with van der Waals surface area (Å²) in [5, 5.41) is 9.23. The summed E-state index contributed by atoms with van der Waals surface area (Å²) in [6.07, 6.45) is 16.6. The molecule has 1 saturated carbocycles. The quantitative estimate of drug-likeness (QED) is 0.430. The van der Waals surface area contributed by atoms with Crippen LogP contribution in [0, 0.1) is 0 Å². The van der Waals surface area contributed by atoms with E-state index in [-0.39, 0.29) is 6.61 Å². The molecule has 1 saturated heterocycles. The molecule has 0 spiro atoms. The standard InChI is InChI=1S/C28H39N5O/c1-5-7-21(2)22(3)18-25(29-4)26-19-27(23-8-6-9-23)33-20-24(10-11-28(33)30-26)32-14-12-31(13-15-32)16-17-34/h10-11,18-20,34H,2,5-9,12-17H2,1,3-4H3/b22-18+,29-25?. The summed E-state index contributed by atoms with van der Waals surface area (Å²) in [6, 6.07) is 0. The largest absolute Gasteiger partial charge is 0.395 e. The van der Waals surface area contributed by atoms with Crippen molar-refractivity contribution in [1.82, 2.24) is 14.7 Å². The van der Waals surface area contributed by atoms with Gasteiger partial charge < -0.3 is 10.0 Å². The molecule has 0 atom stereocenters. The molecule has 0 aromatic rings. The van der Waals surface area contributed by atoms with Crippen molar-refractivity contribution in [3.63, 3.8) is 0 Å². The molecule has 0 aromatic carbocycles. The molecule has 1 N–H and O–H groups in total. The van der Waals surface area contributed by atoms with Gasteiger partial charge in [-0.2, -0.15) is 0 Å². The molecule has 4 rings (SSSR count). The lowest BCUT2D eigenvalue weighted by atomic mass is 9.89. The highest BCUT2D eigenvalue weighted by atomic mass is 16.3. The molecule has 4 aliphatic rings. The molecule has 182 valence electrons. The molecular formula is C28H39N5O. The summed E-state index contributed by atoms with van der Waals surface area (Å²) in [4.78, 5) is 16.6. The van der Waals surface area contributed by atoms with Crippen LogP contribution in [0.1, 0.15) is 46.0 Å². The summed E-state index contributed by atoms with van der Waals surface area (Å²) in [6.45, 7) is 13.4. The fourth-order valence-electron chi connectivity index (χ4n) is 4.75. The minimum Gasteiger partial charge on any atom is -0.395 e. The highest BCUT2D eigenvalue weighted by Crippen LogP contribution is 2.35. The van der Waals surface area contributed by atoms with E-state index in [2.05, 4.69) is 70.6 Å². The van der Waals surface area contributed by atoms with Crippen LogP contribution in [0.2, 0.25) is 0 Å². The Hall–Kier alpha value is -2.70. The first-order chi connectivity index (χ1) is 16.5. The maximum Gasteiger partial charge on any atom is 0.137 e. The molecule has 6 nitrogen and oxygen atoms in total. The number of aliphatic hydroxyl groups excluding tert-OH is 1. The van der Waals surface area contributed by atoms with Gasteiger partial charge in [0, 0.05) is 51.7 Å². The number of hydrogen-bond donors (Lipinski definition) is 1. The first kappa shape index (κ1) is 24.4. The van der Waals surface area contributed by atoms with Gasteiger partial charge in [-0.1, -0.05) is 25.5 Å². The topological polar surface area (TPSA) is 54.7 Å². The van der Waals surface area contributed by atoms with Gasteiger partial charge in [-0.3, -0.25) is 14.8 Å². The van der Waals surface area contributed by atoms with Crippen LogP contribution in [0.5, 0.6) is 0 Å². The van der Waals surface area contributed by atoms with E-state index in [0.717, 1.165) is 81.2 Å². The molecule has 3 heterocycles. The zero-order valence-corrected chi connectivity index (χ0v) is 21.1. The van der Waals surface area contributed by atoms with Gasteiger partial charge in [0.2, 0.25) is 0 Å². The predicted octanol–water partition coefficient (Wildman–Crippen LogP) is 4.42. The average molecular weight is 462 g/mol. The van der Waals surface area contributed by atoms with Crippen molar-refractivity contribution in [2.24, 2.45) is 9.98 Å². The van der Waals surface area contributed by atoms with Gasteiger partial charge in [0.15, 0.2) is 0 Å². The molecule has 3 aliphatic heterocycles. The minimum absolute atomic E-state index is 0.228. The summed E-state index contributed by atoms with van der Waals surface area (Å²) in [5.41, 5.74) is 8.14. The van der Waals surface area contributed by atoms with E-state index in [0.29, 0.717) is 0 Å². The minimum atomic E-state index is 0.228. The van der Waals surface area contributed by atoms with Crippen LogP contribution in [-0.4, -0.2) is 77.7 Å².